The standard InChI is InChI=1S/C13H21N3O5/c1-2-21-13(20)15-8-6-14(7-9-15)12(19)16-5-3-4-10(16)11(17)18/h10H,2-9H2,1H3,(H,17,18)/t10-/m1/s1. The van der Waals surface area contributed by atoms with E-state index in [0.717, 1.165) is 0 Å². The lowest BCUT2D eigenvalue weighted by molar-refractivity contribution is -0.141. The number of hydrogen-bond acceptors (Lipinski definition) is 4. The van der Waals surface area contributed by atoms with Crippen molar-refractivity contribution in [3.8, 4) is 0 Å². The van der Waals surface area contributed by atoms with Crippen molar-refractivity contribution in [2.45, 2.75) is 25.8 Å². The Hall–Kier alpha value is -1.99. The van der Waals surface area contributed by atoms with Gasteiger partial charge in [0, 0.05) is 32.7 Å². The topological polar surface area (TPSA) is 90.4 Å². The molecule has 0 aliphatic carbocycles. The van der Waals surface area contributed by atoms with Gasteiger partial charge >= 0.3 is 18.1 Å². The Bertz CT molecular complexity index is 420. The van der Waals surface area contributed by atoms with Gasteiger partial charge in [0.25, 0.3) is 0 Å². The van der Waals surface area contributed by atoms with E-state index in [9.17, 15) is 14.4 Å². The van der Waals surface area contributed by atoms with Gasteiger partial charge in [0.2, 0.25) is 0 Å². The minimum Gasteiger partial charge on any atom is -0.480 e. The second kappa shape index (κ2) is 6.64. The Morgan fingerprint density at radius 3 is 2.29 bits per heavy atom. The first-order valence-corrected chi connectivity index (χ1v) is 7.24. The number of aliphatic carboxylic acids is 1. The number of carbonyl (C=O) groups is 3. The molecular formula is C13H21N3O5. The van der Waals surface area contributed by atoms with E-state index < -0.39 is 12.0 Å². The van der Waals surface area contributed by atoms with Crippen molar-refractivity contribution >= 4 is 18.1 Å². The molecule has 0 unspecified atom stereocenters. The third-order valence-corrected chi connectivity index (χ3v) is 3.86. The van der Waals surface area contributed by atoms with Crippen LogP contribution in [-0.4, -0.2) is 83.3 Å². The molecule has 0 spiro atoms. The van der Waals surface area contributed by atoms with Gasteiger partial charge in [0.15, 0.2) is 0 Å². The number of nitrogens with zero attached hydrogens (tertiary/aromatic N) is 3. The van der Waals surface area contributed by atoms with Crippen LogP contribution in [0.15, 0.2) is 0 Å². The van der Waals surface area contributed by atoms with Crippen LogP contribution in [0.25, 0.3) is 0 Å². The molecule has 0 aromatic heterocycles. The van der Waals surface area contributed by atoms with Gasteiger partial charge in [-0.25, -0.2) is 14.4 Å². The van der Waals surface area contributed by atoms with E-state index in [0.29, 0.717) is 52.2 Å². The van der Waals surface area contributed by atoms with Gasteiger partial charge in [-0.3, -0.25) is 0 Å². The maximum absolute atomic E-state index is 12.4. The molecule has 0 aromatic carbocycles. The zero-order chi connectivity index (χ0) is 15.4. The smallest absolute Gasteiger partial charge is 0.409 e. The van der Waals surface area contributed by atoms with E-state index >= 15 is 0 Å². The normalized spacial score (nSPS) is 22.3. The lowest BCUT2D eigenvalue weighted by atomic mass is 10.2. The fourth-order valence-corrected chi connectivity index (χ4v) is 2.73. The SMILES string of the molecule is CCOC(=O)N1CCN(C(=O)N2CCC[C@@H]2C(=O)O)CC1. The first-order chi connectivity index (χ1) is 10.0. The number of urea groups is 1. The highest BCUT2D eigenvalue weighted by molar-refractivity contribution is 5.83. The van der Waals surface area contributed by atoms with Crippen molar-refractivity contribution in [2.75, 3.05) is 39.3 Å². The van der Waals surface area contributed by atoms with Crippen molar-refractivity contribution in [1.82, 2.24) is 14.7 Å². The van der Waals surface area contributed by atoms with Gasteiger partial charge in [-0.05, 0) is 19.8 Å². The van der Waals surface area contributed by atoms with Crippen LogP contribution in [-0.2, 0) is 9.53 Å². The second-order valence-corrected chi connectivity index (χ2v) is 5.15. The monoisotopic (exact) mass is 299 g/mol. The molecule has 1 atom stereocenters. The van der Waals surface area contributed by atoms with Crippen LogP contribution in [0.3, 0.4) is 0 Å². The van der Waals surface area contributed by atoms with E-state index in [1.807, 2.05) is 0 Å². The summed E-state index contributed by atoms with van der Waals surface area (Å²) in [6, 6.07) is -0.969. The van der Waals surface area contributed by atoms with Crippen LogP contribution in [0.5, 0.6) is 0 Å². The zero-order valence-electron chi connectivity index (χ0n) is 12.2. The number of amides is 3. The van der Waals surface area contributed by atoms with E-state index in [4.69, 9.17) is 9.84 Å². The maximum Gasteiger partial charge on any atom is 0.409 e. The number of ether oxygens (including phenoxy) is 1. The molecule has 2 saturated heterocycles. The average Bonchev–Trinajstić information content (AvgIpc) is 2.96. The average molecular weight is 299 g/mol. The van der Waals surface area contributed by atoms with Crippen molar-refractivity contribution in [2.24, 2.45) is 0 Å². The third kappa shape index (κ3) is 3.37. The number of piperazine rings is 1. The quantitative estimate of drug-likeness (QED) is 0.798. The molecule has 3 amide bonds. The van der Waals surface area contributed by atoms with Crippen LogP contribution >= 0.6 is 0 Å². The molecule has 2 aliphatic heterocycles. The summed E-state index contributed by atoms with van der Waals surface area (Å²) in [6.07, 6.45) is 0.851. The van der Waals surface area contributed by atoms with Crippen LogP contribution in [0.4, 0.5) is 9.59 Å². The highest BCUT2D eigenvalue weighted by Crippen LogP contribution is 2.20. The summed E-state index contributed by atoms with van der Waals surface area (Å²) in [4.78, 5) is 39.7. The van der Waals surface area contributed by atoms with Gasteiger partial charge in [-0.1, -0.05) is 0 Å². The Kier molecular flexibility index (Phi) is 4.87. The van der Waals surface area contributed by atoms with E-state index in [1.165, 1.54) is 4.90 Å². The molecule has 118 valence electrons. The Morgan fingerprint density at radius 1 is 1.10 bits per heavy atom. The molecule has 0 bridgehead atoms. The molecule has 2 fully saturated rings. The number of carboxylic acids is 1. The van der Waals surface area contributed by atoms with Crippen LogP contribution in [0.2, 0.25) is 0 Å². The molecule has 2 aliphatic rings. The van der Waals surface area contributed by atoms with Crippen molar-refractivity contribution < 1.29 is 24.2 Å². The molecule has 2 heterocycles. The summed E-state index contributed by atoms with van der Waals surface area (Å²) in [5.41, 5.74) is 0. The number of hydrogen-bond donors (Lipinski definition) is 1. The molecule has 1 N–H and O–H groups in total. The van der Waals surface area contributed by atoms with Crippen molar-refractivity contribution in [3.63, 3.8) is 0 Å². The highest BCUT2D eigenvalue weighted by Gasteiger charge is 2.37. The Balaban J connectivity index is 1.88. The lowest BCUT2D eigenvalue weighted by Gasteiger charge is -2.36. The Morgan fingerprint density at radius 2 is 1.71 bits per heavy atom. The molecule has 21 heavy (non-hydrogen) atoms. The summed E-state index contributed by atoms with van der Waals surface area (Å²) < 4.78 is 4.92. The third-order valence-electron chi connectivity index (χ3n) is 3.86. The predicted octanol–water partition coefficient (Wildman–Crippen LogP) is 0.430. The predicted molar refractivity (Wildman–Crippen MR) is 72.9 cm³/mol. The number of rotatable bonds is 2. The molecule has 0 aromatic rings. The van der Waals surface area contributed by atoms with Gasteiger partial charge in [-0.2, -0.15) is 0 Å². The van der Waals surface area contributed by atoms with Crippen molar-refractivity contribution in [3.05, 3.63) is 0 Å². The molecule has 0 saturated carbocycles. The van der Waals surface area contributed by atoms with Crippen LogP contribution in [0.1, 0.15) is 19.8 Å². The first-order valence-electron chi connectivity index (χ1n) is 7.24. The minimum atomic E-state index is -0.953. The summed E-state index contributed by atoms with van der Waals surface area (Å²) in [7, 11) is 0. The van der Waals surface area contributed by atoms with Crippen molar-refractivity contribution in [1.29, 1.82) is 0 Å². The van der Waals surface area contributed by atoms with E-state index in [2.05, 4.69) is 0 Å². The maximum atomic E-state index is 12.4. The lowest BCUT2D eigenvalue weighted by Crippen LogP contribution is -2.55. The highest BCUT2D eigenvalue weighted by atomic mass is 16.6. The van der Waals surface area contributed by atoms with E-state index in [-0.39, 0.29) is 12.1 Å². The number of likely N-dealkylation sites (tertiary alicyclic amines) is 1. The van der Waals surface area contributed by atoms with Crippen LogP contribution in [0, 0.1) is 0 Å². The largest absolute Gasteiger partial charge is 0.480 e. The van der Waals surface area contributed by atoms with E-state index in [1.54, 1.807) is 16.7 Å². The zero-order valence-corrected chi connectivity index (χ0v) is 12.2. The summed E-state index contributed by atoms with van der Waals surface area (Å²) in [5.74, 6) is -0.953. The molecular weight excluding hydrogens is 278 g/mol. The molecule has 2 rings (SSSR count). The summed E-state index contributed by atoms with van der Waals surface area (Å²) in [6.45, 7) is 4.18. The first kappa shape index (κ1) is 15.4. The molecule has 8 nitrogen and oxygen atoms in total. The number of carbonyl (C=O) groups excluding carboxylic acids is 2. The molecule has 0 radical (unpaired) electrons. The number of carboxylic acid groups (broad SMARTS) is 1. The van der Waals surface area contributed by atoms with Gasteiger partial charge < -0.3 is 24.5 Å². The minimum absolute atomic E-state index is 0.247. The molecule has 8 heteroatoms. The van der Waals surface area contributed by atoms with Gasteiger partial charge in [0.05, 0.1) is 6.61 Å². The van der Waals surface area contributed by atoms with Gasteiger partial charge in [0.1, 0.15) is 6.04 Å². The fourth-order valence-electron chi connectivity index (χ4n) is 2.73. The summed E-state index contributed by atoms with van der Waals surface area (Å²) in [5, 5.41) is 9.12. The van der Waals surface area contributed by atoms with Gasteiger partial charge in [-0.15, -0.1) is 0 Å². The Labute approximate surface area is 123 Å². The second-order valence-electron chi connectivity index (χ2n) is 5.15. The fraction of sp³-hybridized carbons (Fsp3) is 0.769. The van der Waals surface area contributed by atoms with Crippen LogP contribution < -0.4 is 0 Å². The summed E-state index contributed by atoms with van der Waals surface area (Å²) >= 11 is 0.